The van der Waals surface area contributed by atoms with E-state index in [1.807, 2.05) is 0 Å². The summed E-state index contributed by atoms with van der Waals surface area (Å²) in [5, 5.41) is 12.0. The standard InChI is InChI=1S/C12H19NO3S/c14-11(10-6-1-2-7-17-10)13-9-5-3-4-8(9)12(15)16/h8-10H,1-7H2,(H,13,14)(H,15,16). The Bertz CT molecular complexity index is 302. The van der Waals surface area contributed by atoms with E-state index in [-0.39, 0.29) is 23.1 Å². The van der Waals surface area contributed by atoms with Gasteiger partial charge in [0.1, 0.15) is 0 Å². The third-order valence-corrected chi connectivity index (χ3v) is 5.01. The molecule has 2 fully saturated rings. The summed E-state index contributed by atoms with van der Waals surface area (Å²) in [6, 6.07) is -0.150. The van der Waals surface area contributed by atoms with Crippen LogP contribution in [0.3, 0.4) is 0 Å². The van der Waals surface area contributed by atoms with Crippen molar-refractivity contribution < 1.29 is 14.7 Å². The van der Waals surface area contributed by atoms with E-state index in [4.69, 9.17) is 5.11 Å². The van der Waals surface area contributed by atoms with E-state index in [2.05, 4.69) is 5.32 Å². The van der Waals surface area contributed by atoms with E-state index in [0.717, 1.165) is 31.4 Å². The number of carboxylic acid groups (broad SMARTS) is 1. The van der Waals surface area contributed by atoms with Crippen LogP contribution >= 0.6 is 11.8 Å². The molecule has 1 saturated heterocycles. The quantitative estimate of drug-likeness (QED) is 0.806. The molecular weight excluding hydrogens is 238 g/mol. The highest BCUT2D eigenvalue weighted by Gasteiger charge is 2.35. The van der Waals surface area contributed by atoms with Crippen LogP contribution in [0.2, 0.25) is 0 Å². The summed E-state index contributed by atoms with van der Waals surface area (Å²) in [6.07, 6.45) is 5.63. The van der Waals surface area contributed by atoms with Gasteiger partial charge in [-0.25, -0.2) is 0 Å². The van der Waals surface area contributed by atoms with Crippen LogP contribution in [-0.4, -0.2) is 34.0 Å². The average Bonchev–Trinajstić information content (AvgIpc) is 2.78. The molecule has 0 spiro atoms. The topological polar surface area (TPSA) is 66.4 Å². The van der Waals surface area contributed by atoms with Crippen molar-refractivity contribution in [1.82, 2.24) is 5.32 Å². The number of nitrogens with one attached hydrogen (secondary N) is 1. The van der Waals surface area contributed by atoms with Crippen LogP contribution in [0.25, 0.3) is 0 Å². The second-order valence-electron chi connectivity index (χ2n) is 4.85. The number of amides is 1. The molecule has 0 bridgehead atoms. The fourth-order valence-electron chi connectivity index (χ4n) is 2.65. The Hall–Kier alpha value is -0.710. The zero-order chi connectivity index (χ0) is 12.3. The lowest BCUT2D eigenvalue weighted by atomic mass is 10.0. The number of carbonyl (C=O) groups is 2. The highest BCUT2D eigenvalue weighted by Crippen LogP contribution is 2.28. The van der Waals surface area contributed by atoms with E-state index < -0.39 is 5.97 Å². The summed E-state index contributed by atoms with van der Waals surface area (Å²) in [5.74, 6) is -0.0602. The third kappa shape index (κ3) is 3.15. The molecule has 5 heteroatoms. The Kier molecular flexibility index (Phi) is 4.31. The molecular formula is C12H19NO3S. The van der Waals surface area contributed by atoms with Crippen molar-refractivity contribution in [3.8, 4) is 0 Å². The van der Waals surface area contributed by atoms with E-state index >= 15 is 0 Å². The number of aliphatic carboxylic acids is 1. The van der Waals surface area contributed by atoms with Gasteiger partial charge in [-0.05, 0) is 31.4 Å². The maximum absolute atomic E-state index is 12.0. The number of hydrogen-bond acceptors (Lipinski definition) is 3. The summed E-state index contributed by atoms with van der Waals surface area (Å²) >= 11 is 1.70. The van der Waals surface area contributed by atoms with Crippen LogP contribution in [0.1, 0.15) is 38.5 Å². The first kappa shape index (κ1) is 12.7. The minimum absolute atomic E-state index is 0.0406. The summed E-state index contributed by atoms with van der Waals surface area (Å²) in [6.45, 7) is 0. The summed E-state index contributed by atoms with van der Waals surface area (Å²) in [4.78, 5) is 23.0. The predicted octanol–water partition coefficient (Wildman–Crippen LogP) is 1.64. The molecule has 1 aliphatic heterocycles. The van der Waals surface area contributed by atoms with Crippen molar-refractivity contribution in [2.75, 3.05) is 5.75 Å². The summed E-state index contributed by atoms with van der Waals surface area (Å²) < 4.78 is 0. The van der Waals surface area contributed by atoms with Crippen molar-refractivity contribution in [2.45, 2.75) is 49.8 Å². The molecule has 0 aromatic heterocycles. The van der Waals surface area contributed by atoms with Gasteiger partial charge in [0, 0.05) is 6.04 Å². The second-order valence-corrected chi connectivity index (χ2v) is 6.16. The normalized spacial score (nSPS) is 33.3. The fourth-order valence-corrected chi connectivity index (χ4v) is 3.86. The average molecular weight is 257 g/mol. The zero-order valence-corrected chi connectivity index (χ0v) is 10.7. The van der Waals surface area contributed by atoms with Crippen LogP contribution in [0.4, 0.5) is 0 Å². The van der Waals surface area contributed by atoms with Crippen molar-refractivity contribution >= 4 is 23.6 Å². The molecule has 1 heterocycles. The summed E-state index contributed by atoms with van der Waals surface area (Å²) in [5.41, 5.74) is 0. The minimum Gasteiger partial charge on any atom is -0.481 e. The molecule has 1 aliphatic carbocycles. The van der Waals surface area contributed by atoms with E-state index in [9.17, 15) is 9.59 Å². The van der Waals surface area contributed by atoms with Crippen molar-refractivity contribution in [2.24, 2.45) is 5.92 Å². The van der Waals surface area contributed by atoms with Gasteiger partial charge in [0.05, 0.1) is 11.2 Å². The first-order chi connectivity index (χ1) is 8.18. The van der Waals surface area contributed by atoms with Gasteiger partial charge in [-0.15, -0.1) is 11.8 Å². The Morgan fingerprint density at radius 2 is 1.94 bits per heavy atom. The van der Waals surface area contributed by atoms with E-state index in [1.165, 1.54) is 6.42 Å². The smallest absolute Gasteiger partial charge is 0.308 e. The van der Waals surface area contributed by atoms with E-state index in [0.29, 0.717) is 6.42 Å². The second kappa shape index (κ2) is 5.76. The van der Waals surface area contributed by atoms with Gasteiger partial charge in [-0.1, -0.05) is 12.8 Å². The Labute approximate surface area is 106 Å². The number of thioether (sulfide) groups is 1. The Morgan fingerprint density at radius 3 is 2.59 bits per heavy atom. The number of carbonyl (C=O) groups excluding carboxylic acids is 1. The molecule has 2 rings (SSSR count). The molecule has 4 nitrogen and oxygen atoms in total. The molecule has 0 radical (unpaired) electrons. The van der Waals surface area contributed by atoms with Crippen molar-refractivity contribution in [3.05, 3.63) is 0 Å². The largest absolute Gasteiger partial charge is 0.481 e. The third-order valence-electron chi connectivity index (χ3n) is 3.63. The molecule has 1 saturated carbocycles. The zero-order valence-electron chi connectivity index (χ0n) is 9.85. The SMILES string of the molecule is O=C(NC1CCCC1C(=O)O)C1CCCCS1. The lowest BCUT2D eigenvalue weighted by molar-refractivity contribution is -0.142. The van der Waals surface area contributed by atoms with Crippen LogP contribution in [-0.2, 0) is 9.59 Å². The molecule has 0 aromatic carbocycles. The van der Waals surface area contributed by atoms with Crippen molar-refractivity contribution in [3.63, 3.8) is 0 Å². The van der Waals surface area contributed by atoms with Gasteiger partial charge in [0.25, 0.3) is 0 Å². The van der Waals surface area contributed by atoms with E-state index in [1.54, 1.807) is 11.8 Å². The first-order valence-electron chi connectivity index (χ1n) is 6.33. The highest BCUT2D eigenvalue weighted by molar-refractivity contribution is 8.00. The predicted molar refractivity (Wildman–Crippen MR) is 67.0 cm³/mol. The molecule has 3 unspecified atom stereocenters. The first-order valence-corrected chi connectivity index (χ1v) is 7.38. The Balaban J connectivity index is 1.86. The molecule has 17 heavy (non-hydrogen) atoms. The van der Waals surface area contributed by atoms with Crippen LogP contribution in [0.15, 0.2) is 0 Å². The monoisotopic (exact) mass is 257 g/mol. The molecule has 2 N–H and O–H groups in total. The fraction of sp³-hybridized carbons (Fsp3) is 0.833. The lowest BCUT2D eigenvalue weighted by Crippen LogP contribution is -2.44. The van der Waals surface area contributed by atoms with Crippen molar-refractivity contribution in [1.29, 1.82) is 0 Å². The number of carboxylic acids is 1. The molecule has 3 atom stereocenters. The highest BCUT2D eigenvalue weighted by atomic mass is 32.2. The lowest BCUT2D eigenvalue weighted by Gasteiger charge is -2.24. The summed E-state index contributed by atoms with van der Waals surface area (Å²) in [7, 11) is 0. The number of hydrogen-bond donors (Lipinski definition) is 2. The van der Waals surface area contributed by atoms with Crippen LogP contribution in [0.5, 0.6) is 0 Å². The maximum atomic E-state index is 12.0. The van der Waals surface area contributed by atoms with Crippen LogP contribution < -0.4 is 5.32 Å². The van der Waals surface area contributed by atoms with Gasteiger partial charge < -0.3 is 10.4 Å². The number of rotatable bonds is 3. The van der Waals surface area contributed by atoms with Gasteiger partial charge in [0.15, 0.2) is 0 Å². The molecule has 96 valence electrons. The van der Waals surface area contributed by atoms with Gasteiger partial charge in [-0.2, -0.15) is 0 Å². The van der Waals surface area contributed by atoms with Gasteiger partial charge >= 0.3 is 5.97 Å². The van der Waals surface area contributed by atoms with Gasteiger partial charge in [-0.3, -0.25) is 9.59 Å². The molecule has 1 amide bonds. The minimum atomic E-state index is -0.774. The molecule has 0 aromatic rings. The van der Waals surface area contributed by atoms with Crippen LogP contribution in [0, 0.1) is 5.92 Å². The molecule has 2 aliphatic rings. The maximum Gasteiger partial charge on any atom is 0.308 e. The Morgan fingerprint density at radius 1 is 1.12 bits per heavy atom. The van der Waals surface area contributed by atoms with Gasteiger partial charge in [0.2, 0.25) is 5.91 Å².